The molecule has 2 aliphatic rings. The van der Waals surface area contributed by atoms with Crippen LogP contribution < -0.4 is 5.73 Å². The Bertz CT molecular complexity index is 486. The van der Waals surface area contributed by atoms with Gasteiger partial charge in [-0.25, -0.2) is 4.98 Å². The summed E-state index contributed by atoms with van der Waals surface area (Å²) in [5.74, 6) is 1.08. The third-order valence-electron chi connectivity index (χ3n) is 4.65. The van der Waals surface area contributed by atoms with E-state index in [1.54, 1.807) is 6.20 Å². The molecule has 3 rings (SSSR count). The van der Waals surface area contributed by atoms with Crippen LogP contribution in [0.15, 0.2) is 12.4 Å². The zero-order valence-electron chi connectivity index (χ0n) is 12.2. The van der Waals surface area contributed by atoms with Crippen LogP contribution in [0.4, 0.5) is 0 Å². The maximum absolute atomic E-state index is 12.9. The number of carbonyl (C=O) groups excluding carboxylic acids is 1. The number of imidazole rings is 1. The van der Waals surface area contributed by atoms with Crippen LogP contribution in [0.1, 0.15) is 50.8 Å². The number of nitrogens with two attached hydrogens (primary N) is 1. The monoisotopic (exact) mass is 276 g/mol. The Morgan fingerprint density at radius 2 is 2.15 bits per heavy atom. The van der Waals surface area contributed by atoms with Gasteiger partial charge in [0.15, 0.2) is 0 Å². The molecule has 0 saturated heterocycles. The number of amides is 1. The topological polar surface area (TPSA) is 64.2 Å². The molecule has 2 saturated carbocycles. The molecule has 5 nitrogen and oxygen atoms in total. The first-order valence-corrected chi connectivity index (χ1v) is 7.66. The van der Waals surface area contributed by atoms with E-state index in [0.29, 0.717) is 12.6 Å². The SMILES string of the molecule is Cn1ccnc1CN(C(=O)C1(N)CCCCC1)C1CC1. The third-order valence-corrected chi connectivity index (χ3v) is 4.65. The van der Waals surface area contributed by atoms with Gasteiger partial charge >= 0.3 is 0 Å². The second-order valence-corrected chi connectivity index (χ2v) is 6.34. The number of hydrogen-bond acceptors (Lipinski definition) is 3. The number of aryl methyl sites for hydroxylation is 1. The summed E-state index contributed by atoms with van der Waals surface area (Å²) in [6.07, 6.45) is 10.9. The van der Waals surface area contributed by atoms with Crippen molar-refractivity contribution in [3.8, 4) is 0 Å². The van der Waals surface area contributed by atoms with Gasteiger partial charge in [-0.3, -0.25) is 4.79 Å². The summed E-state index contributed by atoms with van der Waals surface area (Å²) in [4.78, 5) is 19.2. The van der Waals surface area contributed by atoms with E-state index in [-0.39, 0.29) is 5.91 Å². The second kappa shape index (κ2) is 5.20. The van der Waals surface area contributed by atoms with Crippen molar-refractivity contribution in [1.82, 2.24) is 14.5 Å². The molecule has 2 aliphatic carbocycles. The van der Waals surface area contributed by atoms with E-state index >= 15 is 0 Å². The minimum atomic E-state index is -0.633. The Balaban J connectivity index is 1.76. The minimum absolute atomic E-state index is 0.141. The van der Waals surface area contributed by atoms with Crippen LogP contribution in [-0.2, 0) is 18.4 Å². The Kier molecular flexibility index (Phi) is 3.54. The lowest BCUT2D eigenvalue weighted by molar-refractivity contribution is -0.139. The van der Waals surface area contributed by atoms with Gasteiger partial charge in [0.1, 0.15) is 5.82 Å². The Hall–Kier alpha value is -1.36. The summed E-state index contributed by atoms with van der Waals surface area (Å²) in [5, 5.41) is 0. The van der Waals surface area contributed by atoms with E-state index in [2.05, 4.69) is 4.98 Å². The molecule has 0 bridgehead atoms. The molecule has 1 aromatic rings. The summed E-state index contributed by atoms with van der Waals surface area (Å²) in [7, 11) is 1.97. The molecule has 0 aliphatic heterocycles. The van der Waals surface area contributed by atoms with Crippen LogP contribution >= 0.6 is 0 Å². The largest absolute Gasteiger partial charge is 0.337 e. The molecule has 0 spiro atoms. The lowest BCUT2D eigenvalue weighted by Gasteiger charge is -2.37. The van der Waals surface area contributed by atoms with E-state index in [1.807, 2.05) is 22.7 Å². The molecule has 20 heavy (non-hydrogen) atoms. The molecule has 0 aromatic carbocycles. The fourth-order valence-corrected chi connectivity index (χ4v) is 3.14. The van der Waals surface area contributed by atoms with Crippen LogP contribution in [0.5, 0.6) is 0 Å². The zero-order chi connectivity index (χ0) is 14.2. The summed E-state index contributed by atoms with van der Waals surface area (Å²) in [6, 6.07) is 0.376. The summed E-state index contributed by atoms with van der Waals surface area (Å²) >= 11 is 0. The number of hydrogen-bond donors (Lipinski definition) is 1. The standard InChI is InChI=1S/C15H24N4O/c1-18-10-9-17-13(18)11-19(12-5-6-12)14(20)15(16)7-3-2-4-8-15/h9-10,12H,2-8,11,16H2,1H3. The Labute approximate surface area is 120 Å². The highest BCUT2D eigenvalue weighted by atomic mass is 16.2. The molecule has 1 heterocycles. The average Bonchev–Trinajstić information content (AvgIpc) is 3.20. The van der Waals surface area contributed by atoms with Crippen molar-refractivity contribution < 1.29 is 4.79 Å². The van der Waals surface area contributed by atoms with Gasteiger partial charge in [0.2, 0.25) is 5.91 Å². The number of nitrogens with zero attached hydrogens (tertiary/aromatic N) is 3. The van der Waals surface area contributed by atoms with Crippen molar-refractivity contribution in [3.63, 3.8) is 0 Å². The minimum Gasteiger partial charge on any atom is -0.337 e. The van der Waals surface area contributed by atoms with Gasteiger partial charge in [0.05, 0.1) is 12.1 Å². The fraction of sp³-hybridized carbons (Fsp3) is 0.733. The van der Waals surface area contributed by atoms with Crippen molar-refractivity contribution in [2.24, 2.45) is 12.8 Å². The highest BCUT2D eigenvalue weighted by molar-refractivity contribution is 5.86. The molecule has 0 atom stereocenters. The molecule has 0 radical (unpaired) electrons. The predicted octanol–water partition coefficient (Wildman–Crippen LogP) is 1.57. The molecular formula is C15H24N4O. The molecule has 1 aromatic heterocycles. The van der Waals surface area contributed by atoms with Crippen LogP contribution in [0, 0.1) is 0 Å². The maximum Gasteiger partial charge on any atom is 0.243 e. The maximum atomic E-state index is 12.9. The highest BCUT2D eigenvalue weighted by Crippen LogP contribution is 2.34. The number of aromatic nitrogens is 2. The average molecular weight is 276 g/mol. The van der Waals surface area contributed by atoms with E-state index < -0.39 is 5.54 Å². The third kappa shape index (κ3) is 2.59. The van der Waals surface area contributed by atoms with Crippen molar-refractivity contribution in [3.05, 3.63) is 18.2 Å². The van der Waals surface area contributed by atoms with Gasteiger partial charge < -0.3 is 15.2 Å². The molecule has 0 unspecified atom stereocenters. The van der Waals surface area contributed by atoms with Crippen molar-refractivity contribution in [2.45, 2.75) is 63.1 Å². The van der Waals surface area contributed by atoms with Crippen LogP contribution in [-0.4, -0.2) is 31.9 Å². The van der Waals surface area contributed by atoms with E-state index in [4.69, 9.17) is 5.73 Å². The molecule has 5 heteroatoms. The molecule has 110 valence electrons. The smallest absolute Gasteiger partial charge is 0.243 e. The van der Waals surface area contributed by atoms with Crippen molar-refractivity contribution in [2.75, 3.05) is 0 Å². The summed E-state index contributed by atoms with van der Waals surface area (Å²) < 4.78 is 1.98. The molecule has 2 fully saturated rings. The highest BCUT2D eigenvalue weighted by Gasteiger charge is 2.43. The summed E-state index contributed by atoms with van der Waals surface area (Å²) in [6.45, 7) is 0.589. The summed E-state index contributed by atoms with van der Waals surface area (Å²) in [5.41, 5.74) is 5.78. The van der Waals surface area contributed by atoms with Gasteiger partial charge in [-0.1, -0.05) is 19.3 Å². The van der Waals surface area contributed by atoms with Crippen molar-refractivity contribution in [1.29, 1.82) is 0 Å². The van der Waals surface area contributed by atoms with Gasteiger partial charge in [-0.05, 0) is 25.7 Å². The van der Waals surface area contributed by atoms with Crippen LogP contribution in [0.3, 0.4) is 0 Å². The Morgan fingerprint density at radius 1 is 1.45 bits per heavy atom. The lowest BCUT2D eigenvalue weighted by Crippen LogP contribution is -2.56. The quantitative estimate of drug-likeness (QED) is 0.908. The number of carbonyl (C=O) groups is 1. The molecule has 1 amide bonds. The van der Waals surface area contributed by atoms with Crippen molar-refractivity contribution >= 4 is 5.91 Å². The first-order chi connectivity index (χ1) is 9.60. The van der Waals surface area contributed by atoms with Gasteiger partial charge in [-0.15, -0.1) is 0 Å². The van der Waals surface area contributed by atoms with Crippen LogP contribution in [0.2, 0.25) is 0 Å². The van der Waals surface area contributed by atoms with E-state index in [1.165, 1.54) is 6.42 Å². The van der Waals surface area contributed by atoms with Gasteiger partial charge in [0, 0.05) is 25.5 Å². The van der Waals surface area contributed by atoms with Crippen LogP contribution in [0.25, 0.3) is 0 Å². The van der Waals surface area contributed by atoms with Gasteiger partial charge in [-0.2, -0.15) is 0 Å². The number of rotatable bonds is 4. The van der Waals surface area contributed by atoms with E-state index in [9.17, 15) is 4.79 Å². The fourth-order valence-electron chi connectivity index (χ4n) is 3.14. The molecule has 2 N–H and O–H groups in total. The molecular weight excluding hydrogens is 252 g/mol. The van der Waals surface area contributed by atoms with Gasteiger partial charge in [0.25, 0.3) is 0 Å². The van der Waals surface area contributed by atoms with E-state index in [0.717, 1.165) is 44.3 Å². The zero-order valence-corrected chi connectivity index (χ0v) is 12.2. The lowest BCUT2D eigenvalue weighted by atomic mass is 9.81. The predicted molar refractivity (Wildman–Crippen MR) is 76.8 cm³/mol. The first kappa shape index (κ1) is 13.6. The first-order valence-electron chi connectivity index (χ1n) is 7.66. The Morgan fingerprint density at radius 3 is 2.70 bits per heavy atom. The normalized spacial score (nSPS) is 21.7. The second-order valence-electron chi connectivity index (χ2n) is 6.34.